The quantitative estimate of drug-likeness (QED) is 0.540. The number of nitrogens with one attached hydrogen (secondary N) is 2. The number of imidazole rings is 1. The molecule has 3 rings (SSSR count). The molecule has 0 fully saturated rings. The van der Waals surface area contributed by atoms with Crippen molar-refractivity contribution in [3.8, 4) is 0 Å². The summed E-state index contributed by atoms with van der Waals surface area (Å²) in [4.78, 5) is 30.9. The Morgan fingerprint density at radius 1 is 1.27 bits per heavy atom. The zero-order valence-corrected chi connectivity index (χ0v) is 15.3. The third-order valence-electron chi connectivity index (χ3n) is 4.01. The van der Waals surface area contributed by atoms with Crippen molar-refractivity contribution in [3.63, 3.8) is 0 Å². The van der Waals surface area contributed by atoms with E-state index >= 15 is 0 Å². The second kappa shape index (κ2) is 6.99. The first-order chi connectivity index (χ1) is 12.4. The van der Waals surface area contributed by atoms with Crippen molar-refractivity contribution in [2.45, 2.75) is 27.3 Å². The molecule has 3 aromatic rings. The Hall–Kier alpha value is -3.16. The highest BCUT2D eigenvalue weighted by atomic mass is 16.2. The number of hydrogen-bond acceptors (Lipinski definition) is 5. The van der Waals surface area contributed by atoms with Crippen molar-refractivity contribution in [1.82, 2.24) is 19.1 Å². The Balaban J connectivity index is 2.02. The van der Waals surface area contributed by atoms with Gasteiger partial charge in [0.1, 0.15) is 0 Å². The van der Waals surface area contributed by atoms with Crippen LogP contribution in [0.2, 0.25) is 0 Å². The van der Waals surface area contributed by atoms with E-state index in [1.165, 1.54) is 10.1 Å². The van der Waals surface area contributed by atoms with Gasteiger partial charge >= 0.3 is 5.69 Å². The average molecular weight is 354 g/mol. The summed E-state index contributed by atoms with van der Waals surface area (Å²) in [6.07, 6.45) is 1.68. The zero-order valence-electron chi connectivity index (χ0n) is 15.3. The molecule has 0 atom stereocenters. The van der Waals surface area contributed by atoms with Crippen LogP contribution in [0.3, 0.4) is 0 Å². The van der Waals surface area contributed by atoms with Gasteiger partial charge in [0.15, 0.2) is 11.2 Å². The van der Waals surface area contributed by atoms with Crippen LogP contribution in [0.1, 0.15) is 25.0 Å². The van der Waals surface area contributed by atoms with Crippen LogP contribution in [0.15, 0.2) is 39.0 Å². The van der Waals surface area contributed by atoms with Crippen LogP contribution in [0.4, 0.5) is 5.95 Å². The highest BCUT2D eigenvalue weighted by Gasteiger charge is 2.17. The first-order valence-electron chi connectivity index (χ1n) is 8.42. The van der Waals surface area contributed by atoms with E-state index in [-0.39, 0.29) is 5.92 Å². The number of aromatic nitrogens is 4. The molecule has 136 valence electrons. The van der Waals surface area contributed by atoms with Gasteiger partial charge in [-0.05, 0) is 18.4 Å². The SMILES string of the molecule is Cc1ccc(/C=N/Nc2nc3c(c(=O)[nH]c(=O)n3C)n2CC(C)C)cc1. The number of rotatable bonds is 5. The van der Waals surface area contributed by atoms with Crippen molar-refractivity contribution in [2.24, 2.45) is 18.1 Å². The molecule has 0 unspecified atom stereocenters. The van der Waals surface area contributed by atoms with Crippen molar-refractivity contribution < 1.29 is 0 Å². The molecule has 0 aliphatic rings. The first kappa shape index (κ1) is 17.7. The molecule has 0 aliphatic heterocycles. The average Bonchev–Trinajstić information content (AvgIpc) is 2.93. The van der Waals surface area contributed by atoms with Crippen molar-refractivity contribution >= 4 is 23.3 Å². The van der Waals surface area contributed by atoms with Gasteiger partial charge in [-0.3, -0.25) is 14.3 Å². The lowest BCUT2D eigenvalue weighted by atomic mass is 10.2. The minimum atomic E-state index is -0.494. The molecule has 2 heterocycles. The molecule has 8 nitrogen and oxygen atoms in total. The topological polar surface area (TPSA) is 97.1 Å². The van der Waals surface area contributed by atoms with Gasteiger partial charge < -0.3 is 4.57 Å². The first-order valence-corrected chi connectivity index (χ1v) is 8.42. The molecule has 0 saturated carbocycles. The second-order valence-corrected chi connectivity index (χ2v) is 6.71. The molecular weight excluding hydrogens is 332 g/mol. The fraction of sp³-hybridized carbons (Fsp3) is 0.333. The van der Waals surface area contributed by atoms with Crippen LogP contribution in [0.25, 0.3) is 11.2 Å². The largest absolute Gasteiger partial charge is 0.329 e. The number of anilines is 1. The van der Waals surface area contributed by atoms with Gasteiger partial charge in [-0.2, -0.15) is 10.1 Å². The molecule has 0 amide bonds. The molecule has 2 N–H and O–H groups in total. The highest BCUT2D eigenvalue weighted by molar-refractivity contribution is 5.80. The maximum atomic E-state index is 12.3. The highest BCUT2D eigenvalue weighted by Crippen LogP contribution is 2.17. The molecular formula is C18H22N6O2. The number of aryl methyl sites for hydroxylation is 2. The third kappa shape index (κ3) is 3.44. The Kier molecular flexibility index (Phi) is 4.75. The number of benzene rings is 1. The van der Waals surface area contributed by atoms with Gasteiger partial charge in [-0.25, -0.2) is 10.2 Å². The van der Waals surface area contributed by atoms with Crippen molar-refractivity contribution in [2.75, 3.05) is 5.43 Å². The van der Waals surface area contributed by atoms with E-state index < -0.39 is 11.2 Å². The van der Waals surface area contributed by atoms with Crippen LogP contribution >= 0.6 is 0 Å². The normalized spacial score (nSPS) is 11.7. The minimum Gasteiger partial charge on any atom is -0.303 e. The molecule has 0 bridgehead atoms. The molecule has 0 saturated heterocycles. The fourth-order valence-electron chi connectivity index (χ4n) is 2.68. The summed E-state index contributed by atoms with van der Waals surface area (Å²) in [6.45, 7) is 6.68. The van der Waals surface area contributed by atoms with Crippen molar-refractivity contribution in [3.05, 3.63) is 56.2 Å². The van der Waals surface area contributed by atoms with Crippen LogP contribution in [0.5, 0.6) is 0 Å². The maximum Gasteiger partial charge on any atom is 0.329 e. The maximum absolute atomic E-state index is 12.3. The fourth-order valence-corrected chi connectivity index (χ4v) is 2.68. The Labute approximate surface area is 150 Å². The molecule has 26 heavy (non-hydrogen) atoms. The Morgan fingerprint density at radius 2 is 1.96 bits per heavy atom. The van der Waals surface area contributed by atoms with E-state index in [0.717, 1.165) is 5.56 Å². The third-order valence-corrected chi connectivity index (χ3v) is 4.01. The molecule has 0 aliphatic carbocycles. The van der Waals surface area contributed by atoms with Crippen LogP contribution in [-0.2, 0) is 13.6 Å². The number of aromatic amines is 1. The summed E-state index contributed by atoms with van der Waals surface area (Å²) < 4.78 is 3.08. The van der Waals surface area contributed by atoms with Crippen LogP contribution in [-0.4, -0.2) is 25.3 Å². The van der Waals surface area contributed by atoms with Gasteiger partial charge in [0, 0.05) is 13.6 Å². The van der Waals surface area contributed by atoms with E-state index in [0.29, 0.717) is 23.7 Å². The lowest BCUT2D eigenvalue weighted by Gasteiger charge is -2.10. The smallest absolute Gasteiger partial charge is 0.303 e. The second-order valence-electron chi connectivity index (χ2n) is 6.71. The van der Waals surface area contributed by atoms with Crippen LogP contribution in [0, 0.1) is 12.8 Å². The zero-order chi connectivity index (χ0) is 18.8. The number of nitrogens with zero attached hydrogens (tertiary/aromatic N) is 4. The van der Waals surface area contributed by atoms with E-state index in [9.17, 15) is 9.59 Å². The summed E-state index contributed by atoms with van der Waals surface area (Å²) in [6, 6.07) is 7.94. The van der Waals surface area contributed by atoms with E-state index in [4.69, 9.17) is 0 Å². The van der Waals surface area contributed by atoms with Gasteiger partial charge in [-0.1, -0.05) is 43.7 Å². The summed E-state index contributed by atoms with van der Waals surface area (Å²) in [5, 5.41) is 4.23. The standard InChI is InChI=1S/C18H22N6O2/c1-11(2)10-24-14-15(23(4)18(26)21-16(14)25)20-17(24)22-19-9-13-7-5-12(3)6-8-13/h5-9,11H,10H2,1-4H3,(H,20,22)(H,21,25,26)/b19-9+. The molecule has 0 radical (unpaired) electrons. The molecule has 8 heteroatoms. The van der Waals surface area contributed by atoms with Crippen LogP contribution < -0.4 is 16.7 Å². The summed E-state index contributed by atoms with van der Waals surface area (Å²) in [5.41, 5.74) is 4.75. The van der Waals surface area contributed by atoms with Crippen molar-refractivity contribution in [1.29, 1.82) is 0 Å². The lowest BCUT2D eigenvalue weighted by Crippen LogP contribution is -2.29. The summed E-state index contributed by atoms with van der Waals surface area (Å²) in [5.74, 6) is 0.703. The van der Waals surface area contributed by atoms with E-state index in [2.05, 4.69) is 20.5 Å². The molecule has 0 spiro atoms. The van der Waals surface area contributed by atoms with Gasteiger partial charge in [0.05, 0.1) is 6.21 Å². The predicted molar refractivity (Wildman–Crippen MR) is 103 cm³/mol. The summed E-state index contributed by atoms with van der Waals surface area (Å²) in [7, 11) is 1.58. The number of hydrogen-bond donors (Lipinski definition) is 2. The summed E-state index contributed by atoms with van der Waals surface area (Å²) >= 11 is 0. The Morgan fingerprint density at radius 3 is 2.62 bits per heavy atom. The lowest BCUT2D eigenvalue weighted by molar-refractivity contribution is 0.535. The number of fused-ring (bicyclic) bond motifs is 1. The Bertz CT molecular complexity index is 1070. The monoisotopic (exact) mass is 354 g/mol. The van der Waals surface area contributed by atoms with E-state index in [1.54, 1.807) is 17.8 Å². The molecule has 2 aromatic heterocycles. The van der Waals surface area contributed by atoms with Gasteiger partial charge in [-0.15, -0.1) is 0 Å². The van der Waals surface area contributed by atoms with Gasteiger partial charge in [0.2, 0.25) is 5.95 Å². The minimum absolute atomic E-state index is 0.283. The number of hydrazone groups is 1. The van der Waals surface area contributed by atoms with E-state index in [1.807, 2.05) is 45.0 Å². The van der Waals surface area contributed by atoms with Gasteiger partial charge in [0.25, 0.3) is 5.56 Å². The molecule has 1 aromatic carbocycles. The predicted octanol–water partition coefficient (Wildman–Crippen LogP) is 1.83. The number of H-pyrrole nitrogens is 1.